The maximum Gasteiger partial charge on any atom is 0.238 e. The van der Waals surface area contributed by atoms with E-state index in [-0.39, 0.29) is 5.04 Å². The second-order valence-electron chi connectivity index (χ2n) is 8.40. The molecule has 3 nitrogen and oxygen atoms in total. The monoisotopic (exact) mass is 328 g/mol. The third-order valence-electron chi connectivity index (χ3n) is 5.30. The summed E-state index contributed by atoms with van der Waals surface area (Å²) in [5.74, 6) is -0.217. The number of hydrogen-bond acceptors (Lipinski definition) is 3. The van der Waals surface area contributed by atoms with Crippen molar-refractivity contribution in [3.63, 3.8) is 0 Å². The van der Waals surface area contributed by atoms with E-state index in [1.807, 2.05) is 0 Å². The van der Waals surface area contributed by atoms with Gasteiger partial charge in [-0.3, -0.25) is 4.58 Å². The van der Waals surface area contributed by atoms with Gasteiger partial charge in [0, 0.05) is 19.4 Å². The Balaban J connectivity index is 2.85. The molecule has 0 N–H and O–H groups in total. The summed E-state index contributed by atoms with van der Waals surface area (Å²) in [6.07, 6.45) is 7.73. The summed E-state index contributed by atoms with van der Waals surface area (Å²) in [4.78, 5) is 6.07. The van der Waals surface area contributed by atoms with Crippen molar-refractivity contribution in [3.8, 4) is 0 Å². The molecule has 0 unspecified atom stereocenters. The van der Waals surface area contributed by atoms with E-state index in [1.54, 1.807) is 7.11 Å². The van der Waals surface area contributed by atoms with Crippen molar-refractivity contribution in [1.29, 1.82) is 0 Å². The Bertz CT molecular complexity index is 380. The Kier molecular flexibility index (Phi) is 6.87. The zero-order valence-corrected chi connectivity index (χ0v) is 16.9. The van der Waals surface area contributed by atoms with Crippen LogP contribution in [-0.4, -0.2) is 21.2 Å². The fourth-order valence-electron chi connectivity index (χ4n) is 2.57. The highest BCUT2D eigenvalue weighted by Crippen LogP contribution is 2.43. The van der Waals surface area contributed by atoms with Crippen LogP contribution in [0.3, 0.4) is 0 Å². The Hall–Kier alpha value is -0.163. The average Bonchev–Trinajstić information content (AvgIpc) is 2.42. The number of hydrogen-bond donors (Lipinski definition) is 0. The number of methoxy groups -OCH3 is 1. The minimum absolute atomic E-state index is 0.131. The van der Waals surface area contributed by atoms with Crippen LogP contribution in [0, 0.1) is 5.92 Å². The summed E-state index contributed by atoms with van der Waals surface area (Å²) in [6, 6.07) is 0. The van der Waals surface area contributed by atoms with Crippen molar-refractivity contribution in [3.05, 3.63) is 11.6 Å². The number of rotatable bonds is 6. The molecule has 2 atom stereocenters. The zero-order chi connectivity index (χ0) is 17.0. The third kappa shape index (κ3) is 4.92. The highest BCUT2D eigenvalue weighted by Gasteiger charge is 2.46. The molecule has 22 heavy (non-hydrogen) atoms. The van der Waals surface area contributed by atoms with E-state index in [4.69, 9.17) is 14.2 Å². The Morgan fingerprint density at radius 1 is 1.23 bits per heavy atom. The minimum Gasteiger partial charge on any atom is -0.350 e. The lowest BCUT2D eigenvalue weighted by Gasteiger charge is -2.44. The fraction of sp³-hybridized carbons (Fsp3) is 0.889. The van der Waals surface area contributed by atoms with Gasteiger partial charge in [0.25, 0.3) is 0 Å². The van der Waals surface area contributed by atoms with Crippen LogP contribution in [0.2, 0.25) is 18.1 Å². The van der Waals surface area contributed by atoms with Crippen molar-refractivity contribution in [2.45, 2.75) is 90.6 Å². The van der Waals surface area contributed by atoms with Crippen LogP contribution in [0.4, 0.5) is 0 Å². The Labute approximate surface area is 138 Å². The SMILES string of the molecule is CO[C@]1(OO[Si](C)(C)C(C)(C)C)CCCC[C@H]1CC=C(C)C. The van der Waals surface area contributed by atoms with Gasteiger partial charge in [0.15, 0.2) is 0 Å². The summed E-state index contributed by atoms with van der Waals surface area (Å²) in [6.45, 7) is 15.4. The standard InChI is InChI=1S/C18H36O3Si/c1-15(2)12-13-16-11-9-10-14-18(16,19-6)20-21-22(7,8)17(3,4)5/h12,16H,9-11,13-14H2,1-8H3/t16-,18-/m0/s1. The predicted octanol–water partition coefficient (Wildman–Crippen LogP) is 5.83. The Morgan fingerprint density at radius 2 is 1.86 bits per heavy atom. The van der Waals surface area contributed by atoms with E-state index in [2.05, 4.69) is 53.8 Å². The lowest BCUT2D eigenvalue weighted by atomic mass is 9.81. The van der Waals surface area contributed by atoms with E-state index in [9.17, 15) is 0 Å². The zero-order valence-electron chi connectivity index (χ0n) is 15.9. The second kappa shape index (κ2) is 7.60. The van der Waals surface area contributed by atoms with E-state index in [0.717, 1.165) is 25.7 Å². The maximum atomic E-state index is 6.07. The molecule has 0 radical (unpaired) electrons. The van der Waals surface area contributed by atoms with Gasteiger partial charge in [-0.15, -0.1) is 0 Å². The quantitative estimate of drug-likeness (QED) is 0.202. The molecular weight excluding hydrogens is 292 g/mol. The second-order valence-corrected chi connectivity index (χ2v) is 13.1. The van der Waals surface area contributed by atoms with Gasteiger partial charge in [-0.05, 0) is 51.2 Å². The van der Waals surface area contributed by atoms with Gasteiger partial charge in [0.1, 0.15) is 0 Å². The normalized spacial score (nSPS) is 26.8. The van der Waals surface area contributed by atoms with Crippen LogP contribution in [0.1, 0.15) is 66.7 Å². The highest BCUT2D eigenvalue weighted by atomic mass is 28.4. The van der Waals surface area contributed by atoms with E-state index in [0.29, 0.717) is 5.92 Å². The van der Waals surface area contributed by atoms with E-state index < -0.39 is 14.1 Å². The number of allylic oxidation sites excluding steroid dienone is 2. The summed E-state index contributed by atoms with van der Waals surface area (Å²) in [5, 5.41) is 0.131. The van der Waals surface area contributed by atoms with Crippen molar-refractivity contribution in [2.24, 2.45) is 5.92 Å². The van der Waals surface area contributed by atoms with Crippen molar-refractivity contribution < 1.29 is 14.2 Å². The molecule has 0 bridgehead atoms. The molecule has 0 aromatic carbocycles. The smallest absolute Gasteiger partial charge is 0.238 e. The first kappa shape index (κ1) is 19.9. The van der Waals surface area contributed by atoms with Gasteiger partial charge < -0.3 is 4.74 Å². The molecule has 130 valence electrons. The molecule has 1 aliphatic rings. The van der Waals surface area contributed by atoms with Gasteiger partial charge in [0.2, 0.25) is 14.1 Å². The third-order valence-corrected chi connectivity index (χ3v) is 9.42. The van der Waals surface area contributed by atoms with Crippen molar-refractivity contribution >= 4 is 8.32 Å². The Morgan fingerprint density at radius 3 is 2.36 bits per heavy atom. The van der Waals surface area contributed by atoms with Crippen molar-refractivity contribution in [2.75, 3.05) is 7.11 Å². The average molecular weight is 329 g/mol. The molecule has 0 aromatic rings. The molecule has 0 heterocycles. The van der Waals surface area contributed by atoms with Crippen LogP contribution in [-0.2, 0) is 14.2 Å². The number of ether oxygens (including phenoxy) is 1. The minimum atomic E-state index is -1.94. The lowest BCUT2D eigenvalue weighted by molar-refractivity contribution is -0.407. The summed E-state index contributed by atoms with van der Waals surface area (Å²) in [7, 11) is -0.184. The molecule has 0 spiro atoms. The van der Waals surface area contributed by atoms with E-state index >= 15 is 0 Å². The molecule has 0 amide bonds. The summed E-state index contributed by atoms with van der Waals surface area (Å²) < 4.78 is 11.9. The molecule has 1 rings (SSSR count). The molecule has 0 aliphatic heterocycles. The van der Waals surface area contributed by atoms with Crippen LogP contribution in [0.25, 0.3) is 0 Å². The van der Waals surface area contributed by atoms with Crippen LogP contribution in [0.5, 0.6) is 0 Å². The van der Waals surface area contributed by atoms with Crippen molar-refractivity contribution in [1.82, 2.24) is 0 Å². The van der Waals surface area contributed by atoms with Gasteiger partial charge >= 0.3 is 0 Å². The predicted molar refractivity (Wildman–Crippen MR) is 95.1 cm³/mol. The van der Waals surface area contributed by atoms with E-state index in [1.165, 1.54) is 12.0 Å². The molecular formula is C18H36O3Si. The summed E-state index contributed by atoms with van der Waals surface area (Å²) in [5.41, 5.74) is 1.35. The summed E-state index contributed by atoms with van der Waals surface area (Å²) >= 11 is 0. The van der Waals surface area contributed by atoms with Gasteiger partial charge in [0.05, 0.1) is 0 Å². The molecule has 0 aromatic heterocycles. The molecule has 4 heteroatoms. The lowest BCUT2D eigenvalue weighted by Crippen LogP contribution is -2.50. The molecule has 1 fully saturated rings. The largest absolute Gasteiger partial charge is 0.350 e. The molecule has 0 saturated heterocycles. The van der Waals surface area contributed by atoms with Gasteiger partial charge in [-0.1, -0.05) is 38.8 Å². The highest BCUT2D eigenvalue weighted by molar-refractivity contribution is 6.73. The first-order valence-corrected chi connectivity index (χ1v) is 11.5. The van der Waals surface area contributed by atoms with Gasteiger partial charge in [-0.2, -0.15) is 0 Å². The first-order valence-electron chi connectivity index (χ1n) is 8.59. The fourth-order valence-corrected chi connectivity index (χ4v) is 3.17. The van der Waals surface area contributed by atoms with Crippen LogP contribution >= 0.6 is 0 Å². The van der Waals surface area contributed by atoms with Crippen LogP contribution in [0.15, 0.2) is 11.6 Å². The molecule has 1 aliphatic carbocycles. The van der Waals surface area contributed by atoms with Gasteiger partial charge in [-0.25, -0.2) is 4.89 Å². The van der Waals surface area contributed by atoms with Crippen LogP contribution < -0.4 is 0 Å². The first-order chi connectivity index (χ1) is 10.0. The molecule has 1 saturated carbocycles. The maximum absolute atomic E-state index is 6.07. The topological polar surface area (TPSA) is 27.7 Å².